The number of carbonyl (C=O) groups is 2. The van der Waals surface area contributed by atoms with E-state index in [1.54, 1.807) is 31.0 Å². The van der Waals surface area contributed by atoms with Gasteiger partial charge in [0.25, 0.3) is 11.8 Å². The number of nitrogens with two attached hydrogens (primary N) is 1. The quantitative estimate of drug-likeness (QED) is 0.671. The van der Waals surface area contributed by atoms with Gasteiger partial charge in [-0.15, -0.1) is 0 Å². The van der Waals surface area contributed by atoms with Crippen LogP contribution in [0.2, 0.25) is 0 Å². The van der Waals surface area contributed by atoms with Crippen LogP contribution in [0.5, 0.6) is 5.75 Å². The van der Waals surface area contributed by atoms with Gasteiger partial charge in [-0.3, -0.25) is 19.4 Å². The molecule has 1 aliphatic heterocycles. The van der Waals surface area contributed by atoms with Crippen molar-refractivity contribution in [1.29, 1.82) is 0 Å². The first kappa shape index (κ1) is 19.7. The van der Waals surface area contributed by atoms with E-state index in [0.717, 1.165) is 24.8 Å². The molecular formula is C21H24N6O3. The molecule has 4 rings (SSSR count). The number of ether oxygens (including phenoxy) is 1. The zero-order valence-corrected chi connectivity index (χ0v) is 17.0. The monoisotopic (exact) mass is 408 g/mol. The van der Waals surface area contributed by atoms with Crippen molar-refractivity contribution in [2.75, 3.05) is 13.7 Å². The SMILES string of the molecule is COc1ccccc1-c1cc(C(=O)N2CCCCC2c2cc(C(N)=O)n[nH]2)n(C)n1. The Morgan fingerprint density at radius 3 is 2.77 bits per heavy atom. The minimum absolute atomic E-state index is 0.119. The van der Waals surface area contributed by atoms with E-state index in [-0.39, 0.29) is 17.6 Å². The van der Waals surface area contributed by atoms with E-state index in [4.69, 9.17) is 10.5 Å². The molecule has 1 unspecified atom stereocenters. The molecule has 1 fully saturated rings. The Morgan fingerprint density at radius 1 is 1.23 bits per heavy atom. The van der Waals surface area contributed by atoms with Gasteiger partial charge in [0.2, 0.25) is 0 Å². The number of primary amides is 1. The summed E-state index contributed by atoms with van der Waals surface area (Å²) in [4.78, 5) is 26.7. The number of piperidine rings is 1. The number of likely N-dealkylation sites (tertiary alicyclic amines) is 1. The van der Waals surface area contributed by atoms with Gasteiger partial charge in [-0.2, -0.15) is 10.2 Å². The number of hydrogen-bond donors (Lipinski definition) is 2. The molecule has 156 valence electrons. The highest BCUT2D eigenvalue weighted by atomic mass is 16.5. The van der Waals surface area contributed by atoms with E-state index in [0.29, 0.717) is 29.4 Å². The van der Waals surface area contributed by atoms with Gasteiger partial charge >= 0.3 is 0 Å². The standard InChI is InChI=1S/C21H24N6O3/c1-26-18(12-14(25-26)13-7-3-4-9-19(13)30-2)21(29)27-10-6-5-8-17(27)15-11-16(20(22)28)24-23-15/h3-4,7,9,11-12,17H,5-6,8,10H2,1-2H3,(H2,22,28)(H,23,24). The molecule has 0 saturated carbocycles. The summed E-state index contributed by atoms with van der Waals surface area (Å²) in [6.45, 7) is 0.615. The van der Waals surface area contributed by atoms with Gasteiger partial charge in [0.15, 0.2) is 0 Å². The van der Waals surface area contributed by atoms with Gasteiger partial charge in [0.1, 0.15) is 17.1 Å². The van der Waals surface area contributed by atoms with Crippen molar-refractivity contribution in [3.63, 3.8) is 0 Å². The number of methoxy groups -OCH3 is 1. The van der Waals surface area contributed by atoms with Crippen molar-refractivity contribution in [3.05, 3.63) is 53.5 Å². The fourth-order valence-corrected chi connectivity index (χ4v) is 3.93. The molecule has 2 amide bonds. The summed E-state index contributed by atoms with van der Waals surface area (Å²) in [5.74, 6) is -0.0211. The number of benzene rings is 1. The number of amides is 2. The summed E-state index contributed by atoms with van der Waals surface area (Å²) in [5, 5.41) is 11.4. The lowest BCUT2D eigenvalue weighted by atomic mass is 9.98. The number of aryl methyl sites for hydroxylation is 1. The largest absolute Gasteiger partial charge is 0.496 e. The second kappa shape index (κ2) is 8.02. The van der Waals surface area contributed by atoms with Crippen molar-refractivity contribution < 1.29 is 14.3 Å². The maximum atomic E-state index is 13.5. The zero-order valence-electron chi connectivity index (χ0n) is 17.0. The molecule has 1 atom stereocenters. The Labute approximate surface area is 173 Å². The van der Waals surface area contributed by atoms with Crippen LogP contribution in [0.3, 0.4) is 0 Å². The number of aromatic nitrogens is 4. The van der Waals surface area contributed by atoms with Crippen molar-refractivity contribution in [2.24, 2.45) is 12.8 Å². The molecular weight excluding hydrogens is 384 g/mol. The van der Waals surface area contributed by atoms with Gasteiger partial charge in [0, 0.05) is 19.2 Å². The van der Waals surface area contributed by atoms with Crippen molar-refractivity contribution >= 4 is 11.8 Å². The number of hydrogen-bond acceptors (Lipinski definition) is 5. The summed E-state index contributed by atoms with van der Waals surface area (Å²) in [5.41, 5.74) is 8.18. The molecule has 3 aromatic rings. The van der Waals surface area contributed by atoms with E-state index in [1.165, 1.54) is 0 Å². The van der Waals surface area contributed by atoms with Crippen molar-refractivity contribution in [1.82, 2.24) is 24.9 Å². The first-order chi connectivity index (χ1) is 14.5. The average Bonchev–Trinajstić information content (AvgIpc) is 3.40. The normalized spacial score (nSPS) is 16.5. The molecule has 9 nitrogen and oxygen atoms in total. The summed E-state index contributed by atoms with van der Waals surface area (Å²) < 4.78 is 7.02. The summed E-state index contributed by atoms with van der Waals surface area (Å²) in [7, 11) is 3.36. The molecule has 1 saturated heterocycles. The predicted octanol–water partition coefficient (Wildman–Crippen LogP) is 2.29. The van der Waals surface area contributed by atoms with E-state index in [9.17, 15) is 9.59 Å². The van der Waals surface area contributed by atoms with Crippen molar-refractivity contribution in [3.8, 4) is 17.0 Å². The molecule has 0 aliphatic carbocycles. The lowest BCUT2D eigenvalue weighted by Crippen LogP contribution is -2.39. The lowest BCUT2D eigenvalue weighted by molar-refractivity contribution is 0.0594. The van der Waals surface area contributed by atoms with Gasteiger partial charge in [0.05, 0.1) is 24.5 Å². The summed E-state index contributed by atoms with van der Waals surface area (Å²) >= 11 is 0. The highest BCUT2D eigenvalue weighted by molar-refractivity contribution is 5.94. The lowest BCUT2D eigenvalue weighted by Gasteiger charge is -2.35. The smallest absolute Gasteiger partial charge is 0.272 e. The maximum absolute atomic E-state index is 13.5. The fourth-order valence-electron chi connectivity index (χ4n) is 3.93. The predicted molar refractivity (Wildman–Crippen MR) is 110 cm³/mol. The molecule has 30 heavy (non-hydrogen) atoms. The molecule has 0 spiro atoms. The first-order valence-electron chi connectivity index (χ1n) is 9.83. The minimum atomic E-state index is -0.598. The van der Waals surface area contributed by atoms with Crippen LogP contribution in [0.4, 0.5) is 0 Å². The van der Waals surface area contributed by atoms with E-state index >= 15 is 0 Å². The average molecular weight is 408 g/mol. The number of H-pyrrole nitrogens is 1. The van der Waals surface area contributed by atoms with Crippen LogP contribution in [0, 0.1) is 0 Å². The van der Waals surface area contributed by atoms with Gasteiger partial charge in [-0.05, 0) is 43.5 Å². The topological polar surface area (TPSA) is 119 Å². The second-order valence-corrected chi connectivity index (χ2v) is 7.32. The number of nitrogens with one attached hydrogen (secondary N) is 1. The molecule has 0 bridgehead atoms. The third-order valence-electron chi connectivity index (χ3n) is 5.45. The highest BCUT2D eigenvalue weighted by Gasteiger charge is 2.32. The third-order valence-corrected chi connectivity index (χ3v) is 5.45. The number of nitrogens with zero attached hydrogens (tertiary/aromatic N) is 4. The van der Waals surface area contributed by atoms with Crippen LogP contribution in [0.15, 0.2) is 36.4 Å². The van der Waals surface area contributed by atoms with E-state index in [1.807, 2.05) is 29.2 Å². The summed E-state index contributed by atoms with van der Waals surface area (Å²) in [6, 6.07) is 10.8. The Morgan fingerprint density at radius 2 is 2.03 bits per heavy atom. The van der Waals surface area contributed by atoms with Gasteiger partial charge in [-0.25, -0.2) is 0 Å². The molecule has 0 radical (unpaired) electrons. The second-order valence-electron chi connectivity index (χ2n) is 7.32. The zero-order chi connectivity index (χ0) is 21.3. The summed E-state index contributed by atoms with van der Waals surface area (Å²) in [6.07, 6.45) is 2.68. The minimum Gasteiger partial charge on any atom is -0.496 e. The maximum Gasteiger partial charge on any atom is 0.272 e. The molecule has 3 N–H and O–H groups in total. The van der Waals surface area contributed by atoms with E-state index < -0.39 is 5.91 Å². The first-order valence-corrected chi connectivity index (χ1v) is 9.83. The van der Waals surface area contributed by atoms with Crippen LogP contribution in [-0.2, 0) is 7.05 Å². The number of aromatic amines is 1. The van der Waals surface area contributed by atoms with Crippen LogP contribution >= 0.6 is 0 Å². The van der Waals surface area contributed by atoms with E-state index in [2.05, 4.69) is 15.3 Å². The number of para-hydroxylation sites is 1. The van der Waals surface area contributed by atoms with Crippen LogP contribution in [-0.4, -0.2) is 50.3 Å². The third kappa shape index (κ3) is 3.54. The van der Waals surface area contributed by atoms with Crippen molar-refractivity contribution in [2.45, 2.75) is 25.3 Å². The Hall–Kier alpha value is -3.62. The van der Waals surface area contributed by atoms with Gasteiger partial charge in [-0.1, -0.05) is 12.1 Å². The van der Waals surface area contributed by atoms with Crippen LogP contribution in [0.1, 0.15) is 52.0 Å². The molecule has 1 aliphatic rings. The molecule has 3 heterocycles. The fraction of sp³-hybridized carbons (Fsp3) is 0.333. The highest BCUT2D eigenvalue weighted by Crippen LogP contribution is 2.33. The molecule has 1 aromatic carbocycles. The number of carbonyl (C=O) groups excluding carboxylic acids is 2. The van der Waals surface area contributed by atoms with Crippen LogP contribution in [0.25, 0.3) is 11.3 Å². The Bertz CT molecular complexity index is 1090. The molecule has 2 aromatic heterocycles. The Kier molecular flexibility index (Phi) is 5.26. The van der Waals surface area contributed by atoms with Gasteiger partial charge < -0.3 is 15.4 Å². The van der Waals surface area contributed by atoms with Crippen LogP contribution < -0.4 is 10.5 Å². The Balaban J connectivity index is 1.65. The molecule has 9 heteroatoms. The number of rotatable bonds is 5.